The Labute approximate surface area is 145 Å². The summed E-state index contributed by atoms with van der Waals surface area (Å²) in [4.78, 5) is 0. The van der Waals surface area contributed by atoms with Crippen LogP contribution < -0.4 is 5.32 Å². The molecule has 0 radical (unpaired) electrons. The lowest BCUT2D eigenvalue weighted by atomic mass is 9.98. The Morgan fingerprint density at radius 2 is 1.70 bits per heavy atom. The van der Waals surface area contributed by atoms with Crippen molar-refractivity contribution in [2.45, 2.75) is 13.0 Å². The van der Waals surface area contributed by atoms with Gasteiger partial charge in [0.1, 0.15) is 0 Å². The molecule has 0 aliphatic carbocycles. The van der Waals surface area contributed by atoms with E-state index < -0.39 is 0 Å². The van der Waals surface area contributed by atoms with E-state index in [1.807, 2.05) is 18.2 Å². The predicted octanol–water partition coefficient (Wildman–Crippen LogP) is 6.22. The van der Waals surface area contributed by atoms with E-state index >= 15 is 0 Å². The molecule has 0 saturated carbocycles. The Morgan fingerprint density at radius 1 is 1.05 bits per heavy atom. The SMILES string of the molecule is CCNC(c1cc(Br)cc(Br)c1)c1ccc(Cl)cc1Cl. The van der Waals surface area contributed by atoms with Crippen LogP contribution in [0.5, 0.6) is 0 Å². The molecule has 0 heterocycles. The molecule has 0 aliphatic heterocycles. The van der Waals surface area contributed by atoms with Gasteiger partial charge in [0, 0.05) is 19.0 Å². The van der Waals surface area contributed by atoms with Gasteiger partial charge in [-0.2, -0.15) is 0 Å². The van der Waals surface area contributed by atoms with Crippen LogP contribution in [-0.4, -0.2) is 6.54 Å². The standard InChI is InChI=1S/C15H13Br2Cl2N/c1-2-20-15(9-5-10(16)7-11(17)6-9)13-4-3-12(18)8-14(13)19/h3-8,15,20H,2H2,1H3. The summed E-state index contributed by atoms with van der Waals surface area (Å²) >= 11 is 19.4. The molecule has 2 rings (SSSR count). The van der Waals surface area contributed by atoms with E-state index in [1.165, 1.54) is 0 Å². The molecule has 2 aromatic carbocycles. The van der Waals surface area contributed by atoms with E-state index in [9.17, 15) is 0 Å². The number of hydrogen-bond donors (Lipinski definition) is 1. The molecule has 0 aromatic heterocycles. The average molecular weight is 438 g/mol. The van der Waals surface area contributed by atoms with Gasteiger partial charge in [0.05, 0.1) is 6.04 Å². The summed E-state index contributed by atoms with van der Waals surface area (Å²) in [5.41, 5.74) is 2.15. The zero-order valence-corrected chi connectivity index (χ0v) is 15.4. The minimum Gasteiger partial charge on any atom is -0.306 e. The van der Waals surface area contributed by atoms with Crippen LogP contribution in [0.3, 0.4) is 0 Å². The topological polar surface area (TPSA) is 12.0 Å². The molecule has 0 saturated heterocycles. The van der Waals surface area contributed by atoms with Gasteiger partial charge < -0.3 is 5.32 Å². The van der Waals surface area contributed by atoms with E-state index in [0.29, 0.717) is 10.0 Å². The molecule has 0 amide bonds. The quantitative estimate of drug-likeness (QED) is 0.598. The molecule has 106 valence electrons. The molecule has 0 aliphatic rings. The summed E-state index contributed by atoms with van der Waals surface area (Å²) in [6.45, 7) is 2.91. The van der Waals surface area contributed by atoms with Gasteiger partial charge in [0.2, 0.25) is 0 Å². The van der Waals surface area contributed by atoms with Crippen LogP contribution in [0.2, 0.25) is 10.0 Å². The average Bonchev–Trinajstić information content (AvgIpc) is 2.35. The molecule has 1 N–H and O–H groups in total. The van der Waals surface area contributed by atoms with Crippen molar-refractivity contribution in [3.8, 4) is 0 Å². The van der Waals surface area contributed by atoms with E-state index in [1.54, 1.807) is 6.07 Å². The third-order valence-electron chi connectivity index (χ3n) is 2.90. The first kappa shape index (κ1) is 16.3. The minimum absolute atomic E-state index is 0.0265. The van der Waals surface area contributed by atoms with Gasteiger partial charge in [-0.25, -0.2) is 0 Å². The van der Waals surface area contributed by atoms with Crippen LogP contribution in [-0.2, 0) is 0 Å². The second-order valence-electron chi connectivity index (χ2n) is 4.36. The molecular formula is C15H13Br2Cl2N. The van der Waals surface area contributed by atoms with Crippen LogP contribution in [0, 0.1) is 0 Å². The summed E-state index contributed by atoms with van der Waals surface area (Å²) in [6.07, 6.45) is 0. The van der Waals surface area contributed by atoms with Gasteiger partial charge in [0.25, 0.3) is 0 Å². The van der Waals surface area contributed by atoms with Gasteiger partial charge >= 0.3 is 0 Å². The van der Waals surface area contributed by atoms with Crippen molar-refractivity contribution in [2.24, 2.45) is 0 Å². The lowest BCUT2D eigenvalue weighted by molar-refractivity contribution is 0.630. The fourth-order valence-electron chi connectivity index (χ4n) is 2.09. The van der Waals surface area contributed by atoms with Crippen molar-refractivity contribution in [1.82, 2.24) is 5.32 Å². The molecule has 5 heteroatoms. The summed E-state index contributed by atoms with van der Waals surface area (Å²) in [6, 6.07) is 11.8. The highest BCUT2D eigenvalue weighted by molar-refractivity contribution is 9.11. The van der Waals surface area contributed by atoms with Crippen LogP contribution in [0.4, 0.5) is 0 Å². The van der Waals surface area contributed by atoms with Crippen LogP contribution >= 0.6 is 55.1 Å². The van der Waals surface area contributed by atoms with Crippen molar-refractivity contribution in [3.63, 3.8) is 0 Å². The van der Waals surface area contributed by atoms with E-state index in [4.69, 9.17) is 23.2 Å². The first-order chi connectivity index (χ1) is 9.51. The van der Waals surface area contributed by atoms with Crippen LogP contribution in [0.1, 0.15) is 24.1 Å². The third-order valence-corrected chi connectivity index (χ3v) is 4.38. The monoisotopic (exact) mass is 435 g/mol. The van der Waals surface area contributed by atoms with E-state index in [-0.39, 0.29) is 6.04 Å². The maximum Gasteiger partial charge on any atom is 0.0592 e. The zero-order chi connectivity index (χ0) is 14.7. The van der Waals surface area contributed by atoms with Gasteiger partial charge in [-0.05, 0) is 48.0 Å². The Balaban J connectivity index is 2.49. The largest absolute Gasteiger partial charge is 0.306 e. The molecule has 1 nitrogen and oxygen atoms in total. The maximum absolute atomic E-state index is 6.34. The Kier molecular flexibility index (Phi) is 5.94. The lowest BCUT2D eigenvalue weighted by Crippen LogP contribution is -2.22. The van der Waals surface area contributed by atoms with Crippen molar-refractivity contribution in [1.29, 1.82) is 0 Å². The fraction of sp³-hybridized carbons (Fsp3) is 0.200. The molecule has 1 atom stereocenters. The van der Waals surface area contributed by atoms with Crippen molar-refractivity contribution in [3.05, 3.63) is 66.5 Å². The van der Waals surface area contributed by atoms with Gasteiger partial charge in [-0.3, -0.25) is 0 Å². The Bertz CT molecular complexity index is 597. The highest BCUT2D eigenvalue weighted by Gasteiger charge is 2.17. The summed E-state index contributed by atoms with van der Waals surface area (Å²) in [5, 5.41) is 4.77. The number of nitrogens with one attached hydrogen (secondary N) is 1. The lowest BCUT2D eigenvalue weighted by Gasteiger charge is -2.21. The highest BCUT2D eigenvalue weighted by Crippen LogP contribution is 2.33. The smallest absolute Gasteiger partial charge is 0.0592 e. The predicted molar refractivity (Wildman–Crippen MR) is 93.8 cm³/mol. The van der Waals surface area contributed by atoms with Crippen molar-refractivity contribution in [2.75, 3.05) is 6.54 Å². The number of benzene rings is 2. The Hall–Kier alpha value is -0.0600. The first-order valence-corrected chi connectivity index (χ1v) is 8.49. The third kappa shape index (κ3) is 3.99. The molecule has 2 aromatic rings. The van der Waals surface area contributed by atoms with Crippen LogP contribution in [0.25, 0.3) is 0 Å². The molecule has 1 unspecified atom stereocenters. The highest BCUT2D eigenvalue weighted by atomic mass is 79.9. The molecule has 0 bridgehead atoms. The maximum atomic E-state index is 6.34. The van der Waals surface area contributed by atoms with Crippen molar-refractivity contribution < 1.29 is 0 Å². The molecular weight excluding hydrogens is 425 g/mol. The normalized spacial score (nSPS) is 12.4. The molecule has 0 fully saturated rings. The number of halogens is 4. The van der Waals surface area contributed by atoms with Gasteiger partial charge in [0.15, 0.2) is 0 Å². The summed E-state index contributed by atoms with van der Waals surface area (Å²) in [5.74, 6) is 0. The van der Waals surface area contributed by atoms with Crippen molar-refractivity contribution >= 4 is 55.1 Å². The Morgan fingerprint density at radius 3 is 2.25 bits per heavy atom. The second-order valence-corrected chi connectivity index (χ2v) is 7.03. The van der Waals surface area contributed by atoms with E-state index in [2.05, 4.69) is 56.2 Å². The van der Waals surface area contributed by atoms with Crippen LogP contribution in [0.15, 0.2) is 45.3 Å². The van der Waals surface area contributed by atoms with Gasteiger partial charge in [-0.1, -0.05) is 68.1 Å². The summed E-state index contributed by atoms with van der Waals surface area (Å²) < 4.78 is 2.05. The first-order valence-electron chi connectivity index (χ1n) is 6.15. The second kappa shape index (κ2) is 7.28. The number of hydrogen-bond acceptors (Lipinski definition) is 1. The summed E-state index contributed by atoms with van der Waals surface area (Å²) in [7, 11) is 0. The minimum atomic E-state index is 0.0265. The zero-order valence-electron chi connectivity index (χ0n) is 10.8. The number of rotatable bonds is 4. The fourth-order valence-corrected chi connectivity index (χ4v) is 3.94. The molecule has 0 spiro atoms. The molecule has 20 heavy (non-hydrogen) atoms. The van der Waals surface area contributed by atoms with E-state index in [0.717, 1.165) is 26.6 Å². The van der Waals surface area contributed by atoms with Gasteiger partial charge in [-0.15, -0.1) is 0 Å².